The van der Waals surface area contributed by atoms with Gasteiger partial charge in [-0.15, -0.1) is 0 Å². The second kappa shape index (κ2) is 5.37. The quantitative estimate of drug-likeness (QED) is 0.783. The molecule has 0 saturated heterocycles. The minimum atomic E-state index is 0.573. The predicted octanol–water partition coefficient (Wildman–Crippen LogP) is 1.92. The molecule has 0 saturated carbocycles. The first-order valence-electron chi connectivity index (χ1n) is 4.69. The molecule has 2 nitrogen and oxygen atoms in total. The van der Waals surface area contributed by atoms with Crippen molar-refractivity contribution in [2.24, 2.45) is 5.73 Å². The fourth-order valence-corrected chi connectivity index (χ4v) is 1.96. The van der Waals surface area contributed by atoms with Crippen LogP contribution in [-0.2, 0) is 6.54 Å². The van der Waals surface area contributed by atoms with Gasteiger partial charge in [0, 0.05) is 25.7 Å². The van der Waals surface area contributed by atoms with Gasteiger partial charge < -0.3 is 5.73 Å². The van der Waals surface area contributed by atoms with Gasteiger partial charge in [0.05, 0.1) is 0 Å². The van der Waals surface area contributed by atoms with E-state index in [0.717, 1.165) is 19.6 Å². The van der Waals surface area contributed by atoms with Crippen molar-refractivity contribution in [2.45, 2.75) is 26.4 Å². The van der Waals surface area contributed by atoms with E-state index >= 15 is 0 Å². The highest BCUT2D eigenvalue weighted by Gasteiger charge is 2.08. The van der Waals surface area contributed by atoms with Crippen LogP contribution in [-0.4, -0.2) is 24.0 Å². The normalized spacial score (nSPS) is 11.5. The van der Waals surface area contributed by atoms with Crippen LogP contribution in [0.3, 0.4) is 0 Å². The molecule has 0 aromatic carbocycles. The van der Waals surface area contributed by atoms with Crippen LogP contribution in [0.1, 0.15) is 19.4 Å². The van der Waals surface area contributed by atoms with E-state index in [1.165, 1.54) is 5.56 Å². The first-order chi connectivity index (χ1) is 6.24. The fraction of sp³-hybridized carbons (Fsp3) is 0.600. The summed E-state index contributed by atoms with van der Waals surface area (Å²) < 4.78 is 0. The topological polar surface area (TPSA) is 29.3 Å². The van der Waals surface area contributed by atoms with E-state index < -0.39 is 0 Å². The zero-order valence-electron chi connectivity index (χ0n) is 8.36. The Morgan fingerprint density at radius 2 is 2.31 bits per heavy atom. The number of hydrogen-bond acceptors (Lipinski definition) is 3. The second-order valence-electron chi connectivity index (χ2n) is 3.48. The molecule has 13 heavy (non-hydrogen) atoms. The number of thiophene rings is 1. The fourth-order valence-electron chi connectivity index (χ4n) is 1.30. The Hall–Kier alpha value is -0.380. The van der Waals surface area contributed by atoms with Crippen LogP contribution in [0.25, 0.3) is 0 Å². The highest BCUT2D eigenvalue weighted by atomic mass is 32.1. The summed E-state index contributed by atoms with van der Waals surface area (Å²) in [4.78, 5) is 2.39. The molecular formula is C10H18N2S. The lowest BCUT2D eigenvalue weighted by molar-refractivity contribution is 0.219. The summed E-state index contributed by atoms with van der Waals surface area (Å²) in [5, 5.41) is 4.32. The molecule has 0 amide bonds. The van der Waals surface area contributed by atoms with Crippen LogP contribution in [0.4, 0.5) is 0 Å². The highest BCUT2D eigenvalue weighted by molar-refractivity contribution is 7.07. The Kier molecular flexibility index (Phi) is 4.42. The molecule has 2 N–H and O–H groups in total. The Bertz CT molecular complexity index is 219. The van der Waals surface area contributed by atoms with Crippen molar-refractivity contribution in [1.29, 1.82) is 0 Å². The average molecular weight is 198 g/mol. The summed E-state index contributed by atoms with van der Waals surface area (Å²) in [6, 6.07) is 2.75. The Labute approximate surface area is 84.4 Å². The van der Waals surface area contributed by atoms with Crippen molar-refractivity contribution < 1.29 is 0 Å². The number of nitrogens with zero attached hydrogens (tertiary/aromatic N) is 1. The molecule has 74 valence electrons. The molecule has 0 aliphatic rings. The Morgan fingerprint density at radius 1 is 1.54 bits per heavy atom. The molecule has 1 aromatic heterocycles. The number of nitrogens with two attached hydrogens (primary N) is 1. The zero-order chi connectivity index (χ0) is 9.68. The van der Waals surface area contributed by atoms with Gasteiger partial charge in [0.15, 0.2) is 0 Å². The molecule has 3 heteroatoms. The van der Waals surface area contributed by atoms with Gasteiger partial charge in [-0.2, -0.15) is 11.3 Å². The van der Waals surface area contributed by atoms with Gasteiger partial charge in [-0.25, -0.2) is 0 Å². The Morgan fingerprint density at radius 3 is 2.77 bits per heavy atom. The third-order valence-corrected chi connectivity index (χ3v) is 2.84. The van der Waals surface area contributed by atoms with Gasteiger partial charge in [-0.3, -0.25) is 4.90 Å². The second-order valence-corrected chi connectivity index (χ2v) is 4.26. The molecule has 1 rings (SSSR count). The van der Waals surface area contributed by atoms with Crippen LogP contribution >= 0.6 is 11.3 Å². The van der Waals surface area contributed by atoms with Crippen LogP contribution < -0.4 is 5.73 Å². The Balaban J connectivity index is 2.47. The molecule has 0 unspecified atom stereocenters. The van der Waals surface area contributed by atoms with Crippen LogP contribution in [0.15, 0.2) is 16.8 Å². The van der Waals surface area contributed by atoms with Crippen molar-refractivity contribution in [1.82, 2.24) is 4.90 Å². The first kappa shape index (κ1) is 10.7. The van der Waals surface area contributed by atoms with E-state index in [0.29, 0.717) is 6.04 Å². The van der Waals surface area contributed by atoms with E-state index in [9.17, 15) is 0 Å². The van der Waals surface area contributed by atoms with E-state index in [4.69, 9.17) is 5.73 Å². The van der Waals surface area contributed by atoms with Crippen LogP contribution in [0, 0.1) is 0 Å². The lowest BCUT2D eigenvalue weighted by atomic mass is 10.2. The van der Waals surface area contributed by atoms with Crippen LogP contribution in [0.5, 0.6) is 0 Å². The molecule has 0 spiro atoms. The van der Waals surface area contributed by atoms with E-state index in [2.05, 4.69) is 35.6 Å². The molecule has 0 atom stereocenters. The van der Waals surface area contributed by atoms with E-state index in [1.807, 2.05) is 0 Å². The monoisotopic (exact) mass is 198 g/mol. The summed E-state index contributed by atoms with van der Waals surface area (Å²) in [5.74, 6) is 0. The molecule has 1 aromatic rings. The van der Waals surface area contributed by atoms with E-state index in [-0.39, 0.29) is 0 Å². The van der Waals surface area contributed by atoms with Gasteiger partial charge in [-0.1, -0.05) is 0 Å². The van der Waals surface area contributed by atoms with Crippen molar-refractivity contribution in [3.05, 3.63) is 22.4 Å². The molecule has 1 heterocycles. The SMILES string of the molecule is CC(C)N(CCN)Cc1ccsc1. The summed E-state index contributed by atoms with van der Waals surface area (Å²) in [6.45, 7) is 7.16. The molecule has 0 bridgehead atoms. The largest absolute Gasteiger partial charge is 0.329 e. The van der Waals surface area contributed by atoms with Crippen molar-refractivity contribution in [2.75, 3.05) is 13.1 Å². The third-order valence-electron chi connectivity index (χ3n) is 2.11. The maximum atomic E-state index is 5.56. The van der Waals surface area contributed by atoms with Gasteiger partial charge in [-0.05, 0) is 36.2 Å². The summed E-state index contributed by atoms with van der Waals surface area (Å²) in [6.07, 6.45) is 0. The number of rotatable bonds is 5. The molecule has 0 fully saturated rings. The maximum Gasteiger partial charge on any atom is 0.0245 e. The zero-order valence-corrected chi connectivity index (χ0v) is 9.18. The summed E-state index contributed by atoms with van der Waals surface area (Å²) in [5.41, 5.74) is 6.95. The maximum absolute atomic E-state index is 5.56. The van der Waals surface area contributed by atoms with Gasteiger partial charge in [0.2, 0.25) is 0 Å². The molecule has 0 aliphatic carbocycles. The highest BCUT2D eigenvalue weighted by Crippen LogP contribution is 2.10. The molecule has 0 radical (unpaired) electrons. The standard InChI is InChI=1S/C10H18N2S/c1-9(2)12(5-4-11)7-10-3-6-13-8-10/h3,6,8-9H,4-5,7,11H2,1-2H3. The minimum Gasteiger partial charge on any atom is -0.329 e. The first-order valence-corrected chi connectivity index (χ1v) is 5.63. The lowest BCUT2D eigenvalue weighted by Crippen LogP contribution is -2.34. The summed E-state index contributed by atoms with van der Waals surface area (Å²) >= 11 is 1.75. The average Bonchev–Trinajstić information content (AvgIpc) is 2.56. The minimum absolute atomic E-state index is 0.573. The molecular weight excluding hydrogens is 180 g/mol. The third kappa shape index (κ3) is 3.46. The van der Waals surface area contributed by atoms with Crippen LogP contribution in [0.2, 0.25) is 0 Å². The smallest absolute Gasteiger partial charge is 0.0245 e. The van der Waals surface area contributed by atoms with Crippen molar-refractivity contribution in [3.8, 4) is 0 Å². The van der Waals surface area contributed by atoms with Crippen molar-refractivity contribution >= 4 is 11.3 Å². The van der Waals surface area contributed by atoms with E-state index in [1.54, 1.807) is 11.3 Å². The van der Waals surface area contributed by atoms with Gasteiger partial charge in [0.1, 0.15) is 0 Å². The molecule has 0 aliphatic heterocycles. The summed E-state index contributed by atoms with van der Waals surface area (Å²) in [7, 11) is 0. The lowest BCUT2D eigenvalue weighted by Gasteiger charge is -2.25. The van der Waals surface area contributed by atoms with Gasteiger partial charge in [0.25, 0.3) is 0 Å². The van der Waals surface area contributed by atoms with Crippen molar-refractivity contribution in [3.63, 3.8) is 0 Å². The predicted molar refractivity (Wildman–Crippen MR) is 58.9 cm³/mol. The number of hydrogen-bond donors (Lipinski definition) is 1. The van der Waals surface area contributed by atoms with Gasteiger partial charge >= 0.3 is 0 Å².